The number of aliphatic hydroxyl groups is 1. The molecule has 1 N–H and O–H groups in total. The third-order valence-corrected chi connectivity index (χ3v) is 8.02. The van der Waals surface area contributed by atoms with Crippen LogP contribution in [0.1, 0.15) is 25.3 Å². The lowest BCUT2D eigenvalue weighted by Gasteiger charge is -2.38. The lowest BCUT2D eigenvalue weighted by molar-refractivity contribution is -0.157. The van der Waals surface area contributed by atoms with Gasteiger partial charge in [-0.15, -0.1) is 0 Å². The quantitative estimate of drug-likeness (QED) is 0.492. The maximum atomic E-state index is 14.3. The molecular formula is C26H29ClN2O6. The molecular weight excluding hydrogens is 472 g/mol. The summed E-state index contributed by atoms with van der Waals surface area (Å²) in [6.45, 7) is 4.15. The Labute approximate surface area is 209 Å². The van der Waals surface area contributed by atoms with E-state index in [9.17, 15) is 19.5 Å². The van der Waals surface area contributed by atoms with Crippen LogP contribution >= 0.6 is 11.6 Å². The molecule has 1 spiro atoms. The van der Waals surface area contributed by atoms with Crippen LogP contribution in [0.3, 0.4) is 0 Å². The van der Waals surface area contributed by atoms with Crippen molar-refractivity contribution in [2.45, 2.75) is 43.9 Å². The third kappa shape index (κ3) is 3.37. The van der Waals surface area contributed by atoms with E-state index in [0.29, 0.717) is 23.6 Å². The number of ether oxygens (including phenoxy) is 2. The van der Waals surface area contributed by atoms with Crippen molar-refractivity contribution in [3.8, 4) is 0 Å². The maximum Gasteiger partial charge on any atom is 0.313 e. The number of hydrogen-bond acceptors (Lipinski definition) is 6. The number of para-hydroxylation sites is 1. The molecule has 4 aliphatic rings. The number of hydrogen-bond donors (Lipinski definition) is 1. The van der Waals surface area contributed by atoms with Crippen LogP contribution in [0.2, 0.25) is 5.02 Å². The molecule has 1 aromatic carbocycles. The minimum Gasteiger partial charge on any atom is -0.461 e. The Bertz CT molecular complexity index is 1110. The van der Waals surface area contributed by atoms with Crippen molar-refractivity contribution in [2.75, 3.05) is 31.2 Å². The van der Waals surface area contributed by atoms with E-state index in [1.54, 1.807) is 23.1 Å². The van der Waals surface area contributed by atoms with Crippen molar-refractivity contribution in [1.29, 1.82) is 0 Å². The van der Waals surface area contributed by atoms with E-state index >= 15 is 0 Å². The van der Waals surface area contributed by atoms with Crippen LogP contribution < -0.4 is 4.90 Å². The van der Waals surface area contributed by atoms with Crippen LogP contribution in [-0.2, 0) is 23.9 Å². The van der Waals surface area contributed by atoms with Gasteiger partial charge in [0.1, 0.15) is 29.8 Å². The molecule has 9 heteroatoms. The predicted octanol–water partition coefficient (Wildman–Crippen LogP) is 2.41. The Balaban J connectivity index is 1.68. The molecule has 1 unspecified atom stereocenters. The van der Waals surface area contributed by atoms with Crippen LogP contribution in [0.4, 0.5) is 5.69 Å². The number of cyclic esters (lactones) is 1. The molecule has 35 heavy (non-hydrogen) atoms. The van der Waals surface area contributed by atoms with Gasteiger partial charge in [-0.05, 0) is 37.5 Å². The number of carbonyl (C=O) groups excluding carboxylic acids is 3. The number of aryl methyl sites for hydroxylation is 1. The van der Waals surface area contributed by atoms with E-state index in [4.69, 9.17) is 21.1 Å². The first-order valence-corrected chi connectivity index (χ1v) is 12.4. The molecule has 8 nitrogen and oxygen atoms in total. The summed E-state index contributed by atoms with van der Waals surface area (Å²) in [5.74, 6) is -2.98. The van der Waals surface area contributed by atoms with Gasteiger partial charge in [0.2, 0.25) is 5.91 Å². The van der Waals surface area contributed by atoms with Crippen molar-refractivity contribution in [1.82, 2.24) is 4.90 Å². The standard InChI is InChI=1S/C26H29ClN2O6/c1-3-25-10-6-15-34-24(33)19(25)18-22(31)29(13-7-14-30)21-23(32)28(12-5-11-26(18,21)35-25)20-16(2)8-4-9-17(20)27/h4-6,8-11,18-19,21,30H,3,7,12-15H2,1-2H3/t18-,19-,21?,25+,26-/m0/s1. The zero-order valence-corrected chi connectivity index (χ0v) is 20.5. The number of esters is 1. The van der Waals surface area contributed by atoms with Crippen LogP contribution in [0.15, 0.2) is 42.5 Å². The normalized spacial score (nSPS) is 33.8. The summed E-state index contributed by atoms with van der Waals surface area (Å²) in [6, 6.07) is 4.41. The average molecular weight is 501 g/mol. The van der Waals surface area contributed by atoms with E-state index in [1.807, 2.05) is 38.1 Å². The van der Waals surface area contributed by atoms with Gasteiger partial charge >= 0.3 is 5.97 Å². The van der Waals surface area contributed by atoms with E-state index in [0.717, 1.165) is 5.56 Å². The van der Waals surface area contributed by atoms with Crippen molar-refractivity contribution in [3.05, 3.63) is 53.1 Å². The highest BCUT2D eigenvalue weighted by Crippen LogP contribution is 2.58. The van der Waals surface area contributed by atoms with Gasteiger partial charge in [-0.25, -0.2) is 0 Å². The summed E-state index contributed by atoms with van der Waals surface area (Å²) in [5.41, 5.74) is -1.01. The second kappa shape index (κ2) is 8.76. The first kappa shape index (κ1) is 24.0. The number of benzene rings is 1. The Morgan fingerprint density at radius 1 is 1.14 bits per heavy atom. The lowest BCUT2D eigenvalue weighted by atomic mass is 9.73. The number of fused-ring (bicyclic) bond motifs is 2. The fourth-order valence-electron chi connectivity index (χ4n) is 6.24. The Kier molecular flexibility index (Phi) is 6.02. The zero-order chi connectivity index (χ0) is 25.0. The third-order valence-electron chi connectivity index (χ3n) is 7.71. The molecule has 5 rings (SSSR count). The number of nitrogens with zero attached hydrogens (tertiary/aromatic N) is 2. The molecule has 2 fully saturated rings. The minimum atomic E-state index is -1.35. The first-order valence-electron chi connectivity index (χ1n) is 12.0. The molecule has 2 amide bonds. The number of halogens is 1. The maximum absolute atomic E-state index is 14.3. The highest BCUT2D eigenvalue weighted by atomic mass is 35.5. The average Bonchev–Trinajstić information content (AvgIpc) is 3.10. The summed E-state index contributed by atoms with van der Waals surface area (Å²) < 4.78 is 12.2. The second-order valence-corrected chi connectivity index (χ2v) is 9.93. The number of amides is 2. The number of rotatable bonds is 5. The van der Waals surface area contributed by atoms with Crippen molar-refractivity contribution < 1.29 is 29.0 Å². The zero-order valence-electron chi connectivity index (χ0n) is 19.8. The number of anilines is 1. The number of likely N-dealkylation sites (tertiary alicyclic amines) is 1. The van der Waals surface area contributed by atoms with E-state index in [1.165, 1.54) is 4.90 Å². The van der Waals surface area contributed by atoms with Gasteiger partial charge < -0.3 is 24.4 Å². The molecule has 2 saturated heterocycles. The van der Waals surface area contributed by atoms with Crippen LogP contribution in [0.5, 0.6) is 0 Å². The van der Waals surface area contributed by atoms with E-state index < -0.39 is 35.0 Å². The molecule has 1 aromatic rings. The summed E-state index contributed by atoms with van der Waals surface area (Å²) in [4.78, 5) is 44.5. The first-order chi connectivity index (χ1) is 16.8. The highest BCUT2D eigenvalue weighted by Gasteiger charge is 2.75. The van der Waals surface area contributed by atoms with E-state index in [2.05, 4.69) is 0 Å². The van der Waals surface area contributed by atoms with Gasteiger partial charge in [-0.3, -0.25) is 14.4 Å². The van der Waals surface area contributed by atoms with Gasteiger partial charge in [0.15, 0.2) is 0 Å². The molecule has 4 aliphatic heterocycles. The second-order valence-electron chi connectivity index (χ2n) is 9.52. The molecule has 0 aliphatic carbocycles. The minimum absolute atomic E-state index is 0.111. The van der Waals surface area contributed by atoms with Crippen LogP contribution in [-0.4, -0.2) is 71.3 Å². The Hall–Kier alpha value is -2.68. The molecule has 186 valence electrons. The van der Waals surface area contributed by atoms with Gasteiger partial charge in [0.25, 0.3) is 5.91 Å². The van der Waals surface area contributed by atoms with Gasteiger partial charge in [-0.1, -0.05) is 48.9 Å². The molecule has 0 aromatic heterocycles. The largest absolute Gasteiger partial charge is 0.461 e. The van der Waals surface area contributed by atoms with Gasteiger partial charge in [0.05, 0.1) is 16.6 Å². The fraction of sp³-hybridized carbons (Fsp3) is 0.500. The summed E-state index contributed by atoms with van der Waals surface area (Å²) >= 11 is 6.53. The van der Waals surface area contributed by atoms with Crippen LogP contribution in [0, 0.1) is 18.8 Å². The van der Waals surface area contributed by atoms with Crippen molar-refractivity contribution >= 4 is 35.1 Å². The highest BCUT2D eigenvalue weighted by molar-refractivity contribution is 6.34. The molecule has 0 bridgehead atoms. The van der Waals surface area contributed by atoms with Crippen molar-refractivity contribution in [2.24, 2.45) is 11.8 Å². The summed E-state index contributed by atoms with van der Waals surface area (Å²) in [5, 5.41) is 9.93. The summed E-state index contributed by atoms with van der Waals surface area (Å²) in [6.07, 6.45) is 7.89. The van der Waals surface area contributed by atoms with Gasteiger partial charge in [-0.2, -0.15) is 0 Å². The van der Waals surface area contributed by atoms with E-state index in [-0.39, 0.29) is 38.1 Å². The fourth-order valence-corrected chi connectivity index (χ4v) is 6.57. The van der Waals surface area contributed by atoms with Gasteiger partial charge in [0, 0.05) is 19.7 Å². The molecule has 4 heterocycles. The molecule has 5 atom stereocenters. The topological polar surface area (TPSA) is 96.4 Å². The Morgan fingerprint density at radius 3 is 2.66 bits per heavy atom. The molecule has 0 saturated carbocycles. The number of aliphatic hydroxyl groups excluding tert-OH is 1. The predicted molar refractivity (Wildman–Crippen MR) is 129 cm³/mol. The van der Waals surface area contributed by atoms with Crippen LogP contribution in [0.25, 0.3) is 0 Å². The Morgan fingerprint density at radius 2 is 1.94 bits per heavy atom. The van der Waals surface area contributed by atoms with Crippen molar-refractivity contribution in [3.63, 3.8) is 0 Å². The smallest absolute Gasteiger partial charge is 0.313 e. The molecule has 0 radical (unpaired) electrons. The monoisotopic (exact) mass is 500 g/mol. The number of carbonyl (C=O) groups is 3. The summed E-state index contributed by atoms with van der Waals surface area (Å²) in [7, 11) is 0. The SMILES string of the molecule is CC[C@@]12C=CCOC(=O)[C@@H]1[C@H]1C(=O)N(CCCO)C3C(=O)N(c4c(C)cccc4Cl)CC=C[C@@]31O2. The lowest BCUT2D eigenvalue weighted by Crippen LogP contribution is -2.56.